The summed E-state index contributed by atoms with van der Waals surface area (Å²) in [6, 6.07) is 15.8. The Balaban J connectivity index is 1.65. The molecule has 0 atom stereocenters. The first kappa shape index (κ1) is 28.3. The first-order valence-corrected chi connectivity index (χ1v) is 12.3. The molecule has 0 aliphatic rings. The fourth-order valence-electron chi connectivity index (χ4n) is 4.53. The number of nitrogens with two attached hydrogens (primary N) is 1. The summed E-state index contributed by atoms with van der Waals surface area (Å²) < 4.78 is 90.2. The van der Waals surface area contributed by atoms with Crippen LogP contribution < -0.4 is 10.5 Å². The molecular formula is C31H19F6N3O2. The third kappa shape index (κ3) is 5.65. The molecule has 0 aliphatic carbocycles. The van der Waals surface area contributed by atoms with Gasteiger partial charge in [-0.15, -0.1) is 0 Å². The molecule has 0 saturated heterocycles. The number of primary amides is 1. The van der Waals surface area contributed by atoms with Crippen LogP contribution in [0, 0.1) is 36.2 Å². The molecular weight excluding hydrogens is 560 g/mol. The predicted octanol–water partition coefficient (Wildman–Crippen LogP) is 7.35. The summed E-state index contributed by atoms with van der Waals surface area (Å²) >= 11 is 0. The monoisotopic (exact) mass is 579 g/mol. The fraction of sp³-hybridized carbons (Fsp3) is 0.0968. The van der Waals surface area contributed by atoms with E-state index in [-0.39, 0.29) is 16.8 Å². The molecule has 0 fully saturated rings. The Morgan fingerprint density at radius 1 is 0.952 bits per heavy atom. The molecule has 0 unspecified atom stereocenters. The van der Waals surface area contributed by atoms with Gasteiger partial charge in [-0.05, 0) is 37.3 Å². The highest BCUT2D eigenvalue weighted by atomic mass is 19.4. The van der Waals surface area contributed by atoms with Crippen LogP contribution in [-0.4, -0.2) is 15.9 Å². The number of amides is 1. The van der Waals surface area contributed by atoms with E-state index < -0.39 is 52.9 Å². The van der Waals surface area contributed by atoms with Crippen molar-refractivity contribution in [2.24, 2.45) is 5.73 Å². The Morgan fingerprint density at radius 2 is 1.64 bits per heavy atom. The van der Waals surface area contributed by atoms with Crippen LogP contribution in [0.25, 0.3) is 22.2 Å². The molecule has 1 heterocycles. The van der Waals surface area contributed by atoms with E-state index in [1.54, 1.807) is 49.4 Å². The predicted molar refractivity (Wildman–Crippen MR) is 143 cm³/mol. The smallest absolute Gasteiger partial charge is 0.410 e. The number of nitrogens with zero attached hydrogens (tertiary/aromatic N) is 2. The normalized spacial score (nSPS) is 11.3. The summed E-state index contributed by atoms with van der Waals surface area (Å²) in [6.45, 7) is 1.08. The molecule has 0 aliphatic heterocycles. The van der Waals surface area contributed by atoms with Gasteiger partial charge in [-0.2, -0.15) is 18.3 Å². The molecule has 42 heavy (non-hydrogen) atoms. The highest BCUT2D eigenvalue weighted by Gasteiger charge is 2.34. The number of hydrogen-bond donors (Lipinski definition) is 1. The number of hydrogen-bond acceptors (Lipinski definition) is 3. The maximum absolute atomic E-state index is 14.6. The van der Waals surface area contributed by atoms with Crippen LogP contribution in [0.2, 0.25) is 0 Å². The van der Waals surface area contributed by atoms with Gasteiger partial charge in [-0.3, -0.25) is 4.68 Å². The number of rotatable bonds is 4. The van der Waals surface area contributed by atoms with Crippen molar-refractivity contribution in [2.75, 3.05) is 0 Å². The molecule has 0 saturated carbocycles. The minimum atomic E-state index is -4.75. The lowest BCUT2D eigenvalue weighted by Crippen LogP contribution is -2.16. The van der Waals surface area contributed by atoms with E-state index in [9.17, 15) is 31.1 Å². The Kier molecular flexibility index (Phi) is 7.39. The van der Waals surface area contributed by atoms with Crippen molar-refractivity contribution in [3.8, 4) is 28.8 Å². The average Bonchev–Trinajstić information content (AvgIpc) is 3.28. The molecule has 0 spiro atoms. The van der Waals surface area contributed by atoms with E-state index in [0.29, 0.717) is 34.4 Å². The zero-order valence-electron chi connectivity index (χ0n) is 21.7. The molecule has 5 aromatic rings. The molecule has 0 bridgehead atoms. The molecule has 4 aromatic carbocycles. The third-order valence-corrected chi connectivity index (χ3v) is 6.46. The number of aromatic nitrogens is 2. The summed E-state index contributed by atoms with van der Waals surface area (Å²) in [5, 5.41) is 4.19. The lowest BCUT2D eigenvalue weighted by Gasteiger charge is -2.11. The number of fused-ring (bicyclic) bond motifs is 1. The minimum Gasteiger partial charge on any atom is -0.410 e. The molecule has 11 heteroatoms. The van der Waals surface area contributed by atoms with Gasteiger partial charge in [0.15, 0.2) is 0 Å². The maximum atomic E-state index is 14.6. The third-order valence-electron chi connectivity index (χ3n) is 6.46. The van der Waals surface area contributed by atoms with E-state index in [4.69, 9.17) is 10.5 Å². The second-order valence-corrected chi connectivity index (χ2v) is 9.23. The van der Waals surface area contributed by atoms with Crippen molar-refractivity contribution >= 4 is 17.0 Å². The van der Waals surface area contributed by atoms with Gasteiger partial charge in [0.05, 0.1) is 17.8 Å². The highest BCUT2D eigenvalue weighted by Crippen LogP contribution is 2.38. The highest BCUT2D eigenvalue weighted by molar-refractivity contribution is 5.95. The second-order valence-electron chi connectivity index (χ2n) is 9.23. The number of halogens is 6. The van der Waals surface area contributed by atoms with Crippen LogP contribution in [0.5, 0.6) is 5.75 Å². The van der Waals surface area contributed by atoms with Gasteiger partial charge in [0.1, 0.15) is 28.7 Å². The average molecular weight is 580 g/mol. The van der Waals surface area contributed by atoms with E-state index in [1.165, 1.54) is 12.1 Å². The van der Waals surface area contributed by atoms with Gasteiger partial charge in [0, 0.05) is 45.3 Å². The molecule has 0 radical (unpaired) electrons. The van der Waals surface area contributed by atoms with E-state index in [1.807, 2.05) is 0 Å². The minimum absolute atomic E-state index is 0.0880. The van der Waals surface area contributed by atoms with Gasteiger partial charge < -0.3 is 10.5 Å². The quantitative estimate of drug-likeness (QED) is 0.179. The lowest BCUT2D eigenvalue weighted by molar-refractivity contribution is -0.136. The topological polar surface area (TPSA) is 70.1 Å². The lowest BCUT2D eigenvalue weighted by atomic mass is 10.0. The van der Waals surface area contributed by atoms with E-state index >= 15 is 0 Å². The van der Waals surface area contributed by atoms with Crippen LogP contribution in [0.4, 0.5) is 31.1 Å². The molecule has 5 nitrogen and oxygen atoms in total. The zero-order chi connectivity index (χ0) is 30.2. The molecule has 212 valence electrons. The van der Waals surface area contributed by atoms with Crippen molar-refractivity contribution in [1.82, 2.24) is 9.78 Å². The summed E-state index contributed by atoms with van der Waals surface area (Å²) in [4.78, 5) is 11.2. The Hall–Kier alpha value is -5.24. The molecule has 1 aromatic heterocycles. The van der Waals surface area contributed by atoms with Crippen LogP contribution in [0.15, 0.2) is 72.8 Å². The van der Waals surface area contributed by atoms with Crippen molar-refractivity contribution < 1.29 is 35.9 Å². The number of carbonyl (C=O) groups is 1. The maximum Gasteiger partial charge on any atom is 0.418 e. The number of benzene rings is 4. The summed E-state index contributed by atoms with van der Waals surface area (Å²) in [5.41, 5.74) is 5.17. The zero-order valence-corrected chi connectivity index (χ0v) is 21.7. The molecule has 5 rings (SSSR count). The largest absolute Gasteiger partial charge is 0.418 e. The number of alkyl halides is 3. The first-order valence-electron chi connectivity index (χ1n) is 12.3. The van der Waals surface area contributed by atoms with E-state index in [0.717, 1.165) is 10.7 Å². The van der Waals surface area contributed by atoms with Crippen LogP contribution in [0.1, 0.15) is 27.8 Å². The SMILES string of the molecule is Cc1c(C#Cc2cccc(-c3c4cccc(C(F)(F)F)c4nn3Cc3c(F)cc(F)cc3F)c2)cccc1OC(N)=O. The van der Waals surface area contributed by atoms with Gasteiger partial charge in [0.25, 0.3) is 0 Å². The Bertz CT molecular complexity index is 1900. The summed E-state index contributed by atoms with van der Waals surface area (Å²) in [7, 11) is 0. The summed E-state index contributed by atoms with van der Waals surface area (Å²) in [5.74, 6) is 2.64. The Labute approximate surface area is 235 Å². The van der Waals surface area contributed by atoms with Gasteiger partial charge >= 0.3 is 12.3 Å². The van der Waals surface area contributed by atoms with Crippen molar-refractivity contribution in [1.29, 1.82) is 0 Å². The van der Waals surface area contributed by atoms with Gasteiger partial charge in [0.2, 0.25) is 0 Å². The van der Waals surface area contributed by atoms with Gasteiger partial charge in [-0.25, -0.2) is 18.0 Å². The first-order chi connectivity index (χ1) is 19.9. The van der Waals surface area contributed by atoms with Crippen LogP contribution >= 0.6 is 0 Å². The second kappa shape index (κ2) is 11.0. The summed E-state index contributed by atoms with van der Waals surface area (Å²) in [6.07, 6.45) is -5.73. The van der Waals surface area contributed by atoms with Crippen LogP contribution in [-0.2, 0) is 12.7 Å². The van der Waals surface area contributed by atoms with Crippen LogP contribution in [0.3, 0.4) is 0 Å². The Morgan fingerprint density at radius 3 is 2.33 bits per heavy atom. The number of carbonyl (C=O) groups excluding carboxylic acids is 1. The van der Waals surface area contributed by atoms with Gasteiger partial charge in [-0.1, -0.05) is 42.2 Å². The molecule has 2 N–H and O–H groups in total. The van der Waals surface area contributed by atoms with E-state index in [2.05, 4.69) is 16.9 Å². The standard InChI is InChI=1S/C31H19F6N3O2/c1-17-19(6-3-10-27(17)42-30(38)41)12-11-18-5-2-7-20(13-18)29-22-8-4-9-24(31(35,36)37)28(22)39-40(29)16-23-25(33)14-21(32)15-26(23)34/h2-10,13-15H,16H2,1H3,(H2,38,41). The van der Waals surface area contributed by atoms with Crippen molar-refractivity contribution in [2.45, 2.75) is 19.6 Å². The number of ether oxygens (including phenoxy) is 1. The van der Waals surface area contributed by atoms with Crippen molar-refractivity contribution in [3.63, 3.8) is 0 Å². The molecule has 1 amide bonds. The fourth-order valence-corrected chi connectivity index (χ4v) is 4.53. The van der Waals surface area contributed by atoms with Crippen molar-refractivity contribution in [3.05, 3.63) is 118 Å².